The number of methoxy groups -OCH3 is 1. The Morgan fingerprint density at radius 1 is 0.814 bits per heavy atom. The van der Waals surface area contributed by atoms with Gasteiger partial charge in [0.1, 0.15) is 29.2 Å². The van der Waals surface area contributed by atoms with Crippen molar-refractivity contribution < 1.29 is 36.7 Å². The van der Waals surface area contributed by atoms with Crippen molar-refractivity contribution in [3.8, 4) is 22.6 Å². The molecule has 0 unspecified atom stereocenters. The molecule has 0 saturated heterocycles. The molecule has 0 radical (unpaired) electrons. The van der Waals surface area contributed by atoms with E-state index < -0.39 is 15.9 Å². The van der Waals surface area contributed by atoms with E-state index in [1.54, 1.807) is 20.1 Å². The average molecular weight is 846 g/mol. The molecule has 0 fully saturated rings. The molecule has 0 N–H and O–H groups in total. The van der Waals surface area contributed by atoms with Crippen LogP contribution in [0.1, 0.15) is 84.4 Å². The first-order valence-electron chi connectivity index (χ1n) is 19.9. The third-order valence-electron chi connectivity index (χ3n) is 10.2. The highest BCUT2D eigenvalue weighted by molar-refractivity contribution is 7.91. The molecule has 0 aliphatic carbocycles. The molecule has 0 bridgehead atoms. The number of hydrogen-bond acceptors (Lipinski definition) is 12. The third-order valence-corrected chi connectivity index (χ3v) is 12.3. The highest BCUT2D eigenvalue weighted by Gasteiger charge is 2.30. The maximum absolute atomic E-state index is 13.3. The highest BCUT2D eigenvalue weighted by Crippen LogP contribution is 2.35. The number of fused-ring (bicyclic) bond motifs is 3. The smallest absolute Gasteiger partial charge is 0.178 e. The fourth-order valence-corrected chi connectivity index (χ4v) is 8.86. The molecule has 2 aromatic heterocycles. The normalized spacial score (nSPS) is 13.8. The van der Waals surface area contributed by atoms with Gasteiger partial charge >= 0.3 is 0 Å². The number of nitrogens with zero attached hydrogens (tertiary/aromatic N) is 5. The maximum Gasteiger partial charge on any atom is 0.178 e. The summed E-state index contributed by atoms with van der Waals surface area (Å²) in [4.78, 5) is 18.8. The Bertz CT molecular complexity index is 2340. The predicted molar refractivity (Wildman–Crippen MR) is 226 cm³/mol. The Morgan fingerprint density at radius 2 is 1.51 bits per heavy atom. The van der Waals surface area contributed by atoms with Crippen LogP contribution in [-0.4, -0.2) is 92.3 Å². The Balaban J connectivity index is 0.860. The number of ether oxygens (including phenoxy) is 4. The number of aromatic nitrogens is 4. The fraction of sp³-hybridized carbons (Fsp3) is 0.432. The number of benzene rings is 3. The van der Waals surface area contributed by atoms with Crippen molar-refractivity contribution in [1.29, 1.82) is 0 Å². The average Bonchev–Trinajstić information content (AvgIpc) is 3.73. The highest BCUT2D eigenvalue weighted by atomic mass is 35.5. The lowest BCUT2D eigenvalue weighted by atomic mass is 9.99. The molecule has 0 saturated carbocycles. The van der Waals surface area contributed by atoms with E-state index in [1.165, 1.54) is 0 Å². The van der Waals surface area contributed by atoms with Crippen LogP contribution in [0.5, 0.6) is 5.75 Å². The minimum atomic E-state index is -3.49. The minimum absolute atomic E-state index is 0.00282. The Kier molecular flexibility index (Phi) is 15.2. The van der Waals surface area contributed by atoms with Crippen LogP contribution < -0.4 is 4.74 Å². The van der Waals surface area contributed by atoms with Crippen LogP contribution in [0.15, 0.2) is 75.1 Å². The molecule has 15 heteroatoms. The van der Waals surface area contributed by atoms with E-state index in [4.69, 9.17) is 40.1 Å². The van der Waals surface area contributed by atoms with Crippen LogP contribution in [0, 0.1) is 27.7 Å². The summed E-state index contributed by atoms with van der Waals surface area (Å²) in [6, 6.07) is 18.2. The van der Waals surface area contributed by atoms with Crippen molar-refractivity contribution in [1.82, 2.24) is 19.9 Å². The molecule has 13 nitrogen and oxygen atoms in total. The molecule has 314 valence electrons. The summed E-state index contributed by atoms with van der Waals surface area (Å²) < 4.78 is 56.2. The topological polar surface area (TPSA) is 157 Å². The van der Waals surface area contributed by atoms with Gasteiger partial charge in [0, 0.05) is 61.0 Å². The largest absolute Gasteiger partial charge is 0.497 e. The summed E-state index contributed by atoms with van der Waals surface area (Å²) in [5.41, 5.74) is 6.35. The van der Waals surface area contributed by atoms with E-state index in [9.17, 15) is 13.2 Å². The van der Waals surface area contributed by atoms with Crippen LogP contribution in [-0.2, 0) is 28.8 Å². The number of rotatable bonds is 22. The van der Waals surface area contributed by atoms with Gasteiger partial charge in [0.15, 0.2) is 15.7 Å². The number of carbonyl (C=O) groups excluding carboxylic acids is 1. The van der Waals surface area contributed by atoms with Gasteiger partial charge in [-0.05, 0) is 101 Å². The zero-order valence-electron chi connectivity index (χ0n) is 34.3. The van der Waals surface area contributed by atoms with Gasteiger partial charge in [0.05, 0.1) is 48.1 Å². The van der Waals surface area contributed by atoms with Gasteiger partial charge in [0.25, 0.3) is 0 Å². The van der Waals surface area contributed by atoms with Crippen molar-refractivity contribution in [3.63, 3.8) is 0 Å². The predicted octanol–water partition coefficient (Wildman–Crippen LogP) is 8.14. The first-order chi connectivity index (χ1) is 28.5. The van der Waals surface area contributed by atoms with Gasteiger partial charge in [-0.15, -0.1) is 10.2 Å². The molecular weight excluding hydrogens is 794 g/mol. The molecular formula is C44H52ClN5O8S. The molecule has 5 aromatic rings. The summed E-state index contributed by atoms with van der Waals surface area (Å²) in [6.45, 7) is 10.1. The zero-order valence-corrected chi connectivity index (χ0v) is 35.9. The van der Waals surface area contributed by atoms with E-state index in [-0.39, 0.29) is 18.0 Å². The van der Waals surface area contributed by atoms with Crippen LogP contribution in [0.2, 0.25) is 5.02 Å². The summed E-state index contributed by atoms with van der Waals surface area (Å²) >= 11 is 6.22. The summed E-state index contributed by atoms with van der Waals surface area (Å²) in [5.74, 6) is 2.76. The Hall–Kier alpha value is -4.73. The quantitative estimate of drug-likeness (QED) is 0.0620. The summed E-state index contributed by atoms with van der Waals surface area (Å²) in [7, 11) is -1.86. The number of aryl methyl sites for hydroxylation is 4. The van der Waals surface area contributed by atoms with Crippen molar-refractivity contribution in [3.05, 3.63) is 105 Å². The van der Waals surface area contributed by atoms with Gasteiger partial charge in [-0.3, -0.25) is 14.4 Å². The lowest BCUT2D eigenvalue weighted by Gasteiger charge is -2.14. The van der Waals surface area contributed by atoms with Crippen LogP contribution in [0.3, 0.4) is 0 Å². The standard InChI is InChI=1S/C44H52ClN5O8S/c1-29-11-12-34(42-30(2)49-58-31(42)3)26-41(29)59(52,53)25-9-22-55-20-8-21-57-24-23-56-19-7-6-10-36(51)27-39-44-48-47-32(4)50(44)40-18-17-37(54-5)28-38(40)43(46-39)33-13-15-35(45)16-14-33/h11-18,26,28,39H,6-10,19-25,27H2,1-5H3/t39-/m0/s1. The van der Waals surface area contributed by atoms with Gasteiger partial charge < -0.3 is 23.5 Å². The van der Waals surface area contributed by atoms with Crippen LogP contribution >= 0.6 is 11.6 Å². The van der Waals surface area contributed by atoms with Crippen LogP contribution in [0.25, 0.3) is 16.8 Å². The van der Waals surface area contributed by atoms with Crippen molar-refractivity contribution >= 4 is 32.9 Å². The lowest BCUT2D eigenvalue weighted by molar-refractivity contribution is -0.119. The number of sulfone groups is 1. The van der Waals surface area contributed by atoms with Crippen LogP contribution in [0.4, 0.5) is 0 Å². The van der Waals surface area contributed by atoms with E-state index in [0.29, 0.717) is 104 Å². The molecule has 3 aromatic carbocycles. The number of Topliss-reactive ketones (excluding diaryl/α,β-unsaturated/α-hetero) is 1. The molecule has 3 heterocycles. The molecule has 6 rings (SSSR count). The van der Waals surface area contributed by atoms with E-state index in [2.05, 4.69) is 15.4 Å². The number of ketones is 1. The number of carbonyl (C=O) groups is 1. The minimum Gasteiger partial charge on any atom is -0.497 e. The Morgan fingerprint density at radius 3 is 2.22 bits per heavy atom. The molecule has 0 amide bonds. The first kappa shape index (κ1) is 43.8. The lowest BCUT2D eigenvalue weighted by Crippen LogP contribution is -2.12. The second kappa shape index (κ2) is 20.5. The molecule has 1 aliphatic rings. The van der Waals surface area contributed by atoms with Crippen molar-refractivity contribution in [2.45, 2.75) is 77.2 Å². The Labute approximate surface area is 351 Å². The molecule has 59 heavy (non-hydrogen) atoms. The number of unbranched alkanes of at least 4 members (excludes halogenated alkanes) is 1. The first-order valence-corrected chi connectivity index (χ1v) is 22.0. The van der Waals surface area contributed by atoms with Gasteiger partial charge in [-0.25, -0.2) is 8.42 Å². The summed E-state index contributed by atoms with van der Waals surface area (Å²) in [6.07, 6.45) is 3.11. The SMILES string of the molecule is COc1ccc2c(c1)C(c1ccc(Cl)cc1)=N[C@@H](CC(=O)CCCCOCCOCCCOCCCS(=O)(=O)c1cc(-c3c(C)noc3C)ccc1C)c1nnc(C)n1-2. The monoisotopic (exact) mass is 845 g/mol. The molecule has 1 aliphatic heterocycles. The van der Waals surface area contributed by atoms with E-state index >= 15 is 0 Å². The number of halogens is 1. The van der Waals surface area contributed by atoms with E-state index in [1.807, 2.05) is 79.9 Å². The zero-order chi connectivity index (χ0) is 41.9. The second-order valence-electron chi connectivity index (χ2n) is 14.6. The van der Waals surface area contributed by atoms with Gasteiger partial charge in [-0.1, -0.05) is 41.0 Å². The van der Waals surface area contributed by atoms with E-state index in [0.717, 1.165) is 45.8 Å². The van der Waals surface area contributed by atoms with Gasteiger partial charge in [-0.2, -0.15) is 0 Å². The second-order valence-corrected chi connectivity index (χ2v) is 17.1. The fourth-order valence-electron chi connectivity index (χ4n) is 7.15. The maximum atomic E-state index is 13.3. The number of hydrogen-bond donors (Lipinski definition) is 0. The third kappa shape index (κ3) is 11.1. The number of aliphatic imine (C=N–C) groups is 1. The summed E-state index contributed by atoms with van der Waals surface area (Å²) in [5, 5.41) is 13.4. The molecule has 1 atom stereocenters. The van der Waals surface area contributed by atoms with Crippen molar-refractivity contribution in [2.75, 3.05) is 52.5 Å². The van der Waals surface area contributed by atoms with Crippen molar-refractivity contribution in [2.24, 2.45) is 4.99 Å². The van der Waals surface area contributed by atoms with Gasteiger partial charge in [0.2, 0.25) is 0 Å². The molecule has 0 spiro atoms.